The Morgan fingerprint density at radius 3 is 1.95 bits per heavy atom. The number of hydrogen-bond donors (Lipinski definition) is 0. The van der Waals surface area contributed by atoms with Crippen LogP contribution in [0.3, 0.4) is 0 Å². The Hall–Kier alpha value is -2.25. The number of rotatable bonds is 4. The molecule has 0 heterocycles. The van der Waals surface area contributed by atoms with E-state index in [0.717, 1.165) is 16.9 Å². The van der Waals surface area contributed by atoms with Crippen molar-refractivity contribution in [1.29, 1.82) is 0 Å². The van der Waals surface area contributed by atoms with Gasteiger partial charge in [0.05, 0.1) is 0 Å². The molecule has 0 N–H and O–H groups in total. The van der Waals surface area contributed by atoms with Crippen molar-refractivity contribution < 1.29 is 4.74 Å². The van der Waals surface area contributed by atoms with Crippen LogP contribution < -0.4 is 4.74 Å². The highest BCUT2D eigenvalue weighted by Gasteiger charge is 2.16. The topological polar surface area (TPSA) is 9.23 Å². The van der Waals surface area contributed by atoms with Crippen LogP contribution in [0.5, 0.6) is 5.75 Å². The van der Waals surface area contributed by atoms with E-state index in [0.29, 0.717) is 5.02 Å². The second-order valence-electron chi connectivity index (χ2n) is 4.78. The van der Waals surface area contributed by atoms with Crippen molar-refractivity contribution in [2.24, 2.45) is 0 Å². The lowest BCUT2D eigenvalue weighted by Gasteiger charge is -2.20. The molecule has 0 aliphatic heterocycles. The summed E-state index contributed by atoms with van der Waals surface area (Å²) in [6.07, 6.45) is -0.174. The van der Waals surface area contributed by atoms with Gasteiger partial charge in [-0.3, -0.25) is 0 Å². The van der Waals surface area contributed by atoms with Crippen LogP contribution in [0.2, 0.25) is 5.02 Å². The Kier molecular flexibility index (Phi) is 4.23. The quantitative estimate of drug-likeness (QED) is 0.616. The van der Waals surface area contributed by atoms with Gasteiger partial charge in [0.1, 0.15) is 11.9 Å². The van der Waals surface area contributed by atoms with E-state index in [9.17, 15) is 0 Å². The van der Waals surface area contributed by atoms with Gasteiger partial charge in [-0.1, -0.05) is 72.3 Å². The van der Waals surface area contributed by atoms with Crippen molar-refractivity contribution >= 4 is 11.6 Å². The molecule has 3 aromatic rings. The summed E-state index contributed by atoms with van der Waals surface area (Å²) in [6, 6.07) is 27.8. The predicted octanol–water partition coefficient (Wildman–Crippen LogP) is 5.51. The maximum Gasteiger partial charge on any atom is 0.149 e. The fourth-order valence-electron chi connectivity index (χ4n) is 2.26. The second-order valence-corrected chi connectivity index (χ2v) is 5.21. The SMILES string of the molecule is Clc1cccc(C(Oc2ccccc2)c2ccccc2)c1. The zero-order valence-corrected chi connectivity index (χ0v) is 12.2. The smallest absolute Gasteiger partial charge is 0.149 e. The molecule has 0 fully saturated rings. The Labute approximate surface area is 129 Å². The zero-order chi connectivity index (χ0) is 14.5. The Balaban J connectivity index is 1.99. The summed E-state index contributed by atoms with van der Waals surface area (Å²) in [5.74, 6) is 0.839. The lowest BCUT2D eigenvalue weighted by Crippen LogP contribution is -2.09. The molecule has 0 bridgehead atoms. The maximum absolute atomic E-state index is 6.18. The molecule has 0 radical (unpaired) electrons. The molecule has 1 unspecified atom stereocenters. The van der Waals surface area contributed by atoms with Crippen molar-refractivity contribution in [3.8, 4) is 5.75 Å². The third kappa shape index (κ3) is 3.45. The highest BCUT2D eigenvalue weighted by molar-refractivity contribution is 6.30. The second kappa shape index (κ2) is 6.47. The number of benzene rings is 3. The molecule has 104 valence electrons. The Bertz CT molecular complexity index is 695. The van der Waals surface area contributed by atoms with Crippen molar-refractivity contribution in [3.05, 3.63) is 101 Å². The summed E-state index contributed by atoms with van der Waals surface area (Å²) in [7, 11) is 0. The van der Waals surface area contributed by atoms with Gasteiger partial charge in [-0.2, -0.15) is 0 Å². The molecule has 2 heteroatoms. The van der Waals surface area contributed by atoms with Gasteiger partial charge in [-0.15, -0.1) is 0 Å². The largest absolute Gasteiger partial charge is 0.481 e. The first-order valence-corrected chi connectivity index (χ1v) is 7.23. The highest BCUT2D eigenvalue weighted by Crippen LogP contribution is 2.29. The number of halogens is 1. The average Bonchev–Trinajstić information content (AvgIpc) is 2.54. The van der Waals surface area contributed by atoms with Crippen LogP contribution in [0.4, 0.5) is 0 Å². The van der Waals surface area contributed by atoms with Crippen LogP contribution in [0.25, 0.3) is 0 Å². The molecule has 0 spiro atoms. The molecular formula is C19H15ClO. The standard InChI is InChI=1S/C19H15ClO/c20-17-11-7-10-16(14-17)19(15-8-3-1-4-9-15)21-18-12-5-2-6-13-18/h1-14,19H. The molecule has 0 aromatic heterocycles. The minimum Gasteiger partial charge on any atom is -0.481 e. The maximum atomic E-state index is 6.18. The van der Waals surface area contributed by atoms with Crippen LogP contribution in [0.15, 0.2) is 84.9 Å². The first kappa shape index (κ1) is 13.7. The van der Waals surface area contributed by atoms with E-state index in [-0.39, 0.29) is 6.10 Å². The Morgan fingerprint density at radius 1 is 0.667 bits per heavy atom. The lowest BCUT2D eigenvalue weighted by atomic mass is 10.0. The summed E-state index contributed by atoms with van der Waals surface area (Å²) in [5.41, 5.74) is 2.14. The van der Waals surface area contributed by atoms with E-state index in [4.69, 9.17) is 16.3 Å². The van der Waals surface area contributed by atoms with Crippen molar-refractivity contribution in [1.82, 2.24) is 0 Å². The molecule has 0 saturated carbocycles. The number of hydrogen-bond acceptors (Lipinski definition) is 1. The number of ether oxygens (including phenoxy) is 1. The van der Waals surface area contributed by atoms with Gasteiger partial charge in [0.15, 0.2) is 0 Å². The van der Waals surface area contributed by atoms with Gasteiger partial charge in [0.25, 0.3) is 0 Å². The normalized spacial score (nSPS) is 11.9. The van der Waals surface area contributed by atoms with E-state index < -0.39 is 0 Å². The molecule has 3 aromatic carbocycles. The summed E-state index contributed by atoms with van der Waals surface area (Å²) >= 11 is 6.12. The average molecular weight is 295 g/mol. The van der Waals surface area contributed by atoms with E-state index in [2.05, 4.69) is 12.1 Å². The molecule has 1 nitrogen and oxygen atoms in total. The molecular weight excluding hydrogens is 280 g/mol. The minimum absolute atomic E-state index is 0.174. The van der Waals surface area contributed by atoms with Crippen LogP contribution in [0.1, 0.15) is 17.2 Å². The molecule has 0 amide bonds. The molecule has 0 saturated heterocycles. The molecule has 0 aliphatic rings. The van der Waals surface area contributed by atoms with Gasteiger partial charge in [0.2, 0.25) is 0 Å². The lowest BCUT2D eigenvalue weighted by molar-refractivity contribution is 0.247. The van der Waals surface area contributed by atoms with Gasteiger partial charge in [0, 0.05) is 5.02 Å². The molecule has 0 aliphatic carbocycles. The summed E-state index contributed by atoms with van der Waals surface area (Å²) < 4.78 is 6.18. The predicted molar refractivity (Wildman–Crippen MR) is 86.8 cm³/mol. The van der Waals surface area contributed by atoms with Crippen molar-refractivity contribution in [3.63, 3.8) is 0 Å². The molecule has 1 atom stereocenters. The minimum atomic E-state index is -0.174. The first-order chi connectivity index (χ1) is 10.3. The molecule has 3 rings (SSSR count). The van der Waals surface area contributed by atoms with E-state index in [1.165, 1.54) is 0 Å². The first-order valence-electron chi connectivity index (χ1n) is 6.85. The third-order valence-electron chi connectivity index (χ3n) is 3.25. The van der Waals surface area contributed by atoms with E-state index in [1.807, 2.05) is 72.8 Å². The summed E-state index contributed by atoms with van der Waals surface area (Å²) in [5, 5.41) is 0.713. The number of para-hydroxylation sites is 1. The van der Waals surface area contributed by atoms with E-state index in [1.54, 1.807) is 0 Å². The monoisotopic (exact) mass is 294 g/mol. The van der Waals surface area contributed by atoms with E-state index >= 15 is 0 Å². The fourth-order valence-corrected chi connectivity index (χ4v) is 2.46. The van der Waals surface area contributed by atoms with Crippen molar-refractivity contribution in [2.75, 3.05) is 0 Å². The summed E-state index contributed by atoms with van der Waals surface area (Å²) in [6.45, 7) is 0. The van der Waals surface area contributed by atoms with Crippen LogP contribution >= 0.6 is 11.6 Å². The van der Waals surface area contributed by atoms with Gasteiger partial charge in [-0.25, -0.2) is 0 Å². The summed E-state index contributed by atoms with van der Waals surface area (Å²) in [4.78, 5) is 0. The highest BCUT2D eigenvalue weighted by atomic mass is 35.5. The van der Waals surface area contributed by atoms with Crippen molar-refractivity contribution in [2.45, 2.75) is 6.10 Å². The molecule has 21 heavy (non-hydrogen) atoms. The Morgan fingerprint density at radius 2 is 1.29 bits per heavy atom. The van der Waals surface area contributed by atoms with Crippen LogP contribution in [0, 0.1) is 0 Å². The van der Waals surface area contributed by atoms with Gasteiger partial charge in [-0.05, 0) is 35.4 Å². The fraction of sp³-hybridized carbons (Fsp3) is 0.0526. The third-order valence-corrected chi connectivity index (χ3v) is 3.49. The van der Waals surface area contributed by atoms with Crippen LogP contribution in [-0.4, -0.2) is 0 Å². The van der Waals surface area contributed by atoms with Gasteiger partial charge >= 0.3 is 0 Å². The zero-order valence-electron chi connectivity index (χ0n) is 11.4. The van der Waals surface area contributed by atoms with Crippen LogP contribution in [-0.2, 0) is 0 Å². The van der Waals surface area contributed by atoms with Gasteiger partial charge < -0.3 is 4.74 Å².